The maximum absolute atomic E-state index is 5.41. The fraction of sp³-hybridized carbons (Fsp3) is 0.389. The van der Waals surface area contributed by atoms with Gasteiger partial charge in [0.1, 0.15) is 11.3 Å². The van der Waals surface area contributed by atoms with Crippen molar-refractivity contribution in [3.63, 3.8) is 0 Å². The van der Waals surface area contributed by atoms with Gasteiger partial charge in [-0.2, -0.15) is 9.97 Å². The molecule has 26 heavy (non-hydrogen) atoms. The first-order chi connectivity index (χ1) is 12.8. The molecule has 0 saturated carbocycles. The highest BCUT2D eigenvalue weighted by molar-refractivity contribution is 5.83. The average molecular weight is 354 g/mol. The highest BCUT2D eigenvalue weighted by Gasteiger charge is 2.17. The van der Waals surface area contributed by atoms with Gasteiger partial charge in [0.25, 0.3) is 0 Å². The molecular formula is C18H22N6O2. The Morgan fingerprint density at radius 2 is 2.00 bits per heavy atom. The van der Waals surface area contributed by atoms with E-state index in [-0.39, 0.29) is 0 Å². The van der Waals surface area contributed by atoms with E-state index in [1.165, 1.54) is 5.56 Å². The number of aromatic nitrogens is 4. The number of H-pyrrole nitrogens is 1. The molecule has 3 aromatic rings. The van der Waals surface area contributed by atoms with Crippen molar-refractivity contribution < 1.29 is 9.47 Å². The lowest BCUT2D eigenvalue weighted by atomic mass is 10.1. The third-order valence-corrected chi connectivity index (χ3v) is 4.43. The number of aromatic amines is 1. The Labute approximate surface area is 151 Å². The summed E-state index contributed by atoms with van der Waals surface area (Å²) in [4.78, 5) is 18.8. The van der Waals surface area contributed by atoms with Crippen LogP contribution < -0.4 is 15.0 Å². The Balaban J connectivity index is 1.48. The first-order valence-corrected chi connectivity index (χ1v) is 8.74. The monoisotopic (exact) mass is 354 g/mol. The molecule has 0 atom stereocenters. The van der Waals surface area contributed by atoms with Crippen molar-refractivity contribution in [3.8, 4) is 5.75 Å². The summed E-state index contributed by atoms with van der Waals surface area (Å²) in [6.45, 7) is 3.74. The first-order valence-electron chi connectivity index (χ1n) is 8.74. The van der Waals surface area contributed by atoms with E-state index in [2.05, 4.69) is 37.3 Å². The Kier molecular flexibility index (Phi) is 4.83. The number of anilines is 2. The molecule has 1 aromatic carbocycles. The van der Waals surface area contributed by atoms with E-state index in [0.717, 1.165) is 43.1 Å². The van der Waals surface area contributed by atoms with Crippen LogP contribution >= 0.6 is 0 Å². The van der Waals surface area contributed by atoms with Gasteiger partial charge in [0.05, 0.1) is 26.7 Å². The molecule has 0 aliphatic carbocycles. The van der Waals surface area contributed by atoms with Gasteiger partial charge in [-0.1, -0.05) is 12.1 Å². The van der Waals surface area contributed by atoms with Gasteiger partial charge >= 0.3 is 0 Å². The number of nitrogens with zero attached hydrogens (tertiary/aromatic N) is 4. The Morgan fingerprint density at radius 3 is 2.77 bits per heavy atom. The normalized spacial score (nSPS) is 14.6. The van der Waals surface area contributed by atoms with Crippen molar-refractivity contribution in [1.82, 2.24) is 19.9 Å². The predicted octanol–water partition coefficient (Wildman–Crippen LogP) is 1.85. The van der Waals surface area contributed by atoms with Crippen LogP contribution in [0.5, 0.6) is 5.75 Å². The lowest BCUT2D eigenvalue weighted by molar-refractivity contribution is 0.122. The first kappa shape index (κ1) is 16.6. The van der Waals surface area contributed by atoms with Crippen LogP contribution in [0.15, 0.2) is 30.6 Å². The number of fused-ring (bicyclic) bond motifs is 1. The number of rotatable bonds is 6. The molecule has 0 spiro atoms. The van der Waals surface area contributed by atoms with Gasteiger partial charge in [-0.05, 0) is 24.1 Å². The number of hydrogen-bond acceptors (Lipinski definition) is 7. The zero-order valence-electron chi connectivity index (χ0n) is 14.7. The van der Waals surface area contributed by atoms with Crippen molar-refractivity contribution in [2.75, 3.05) is 50.2 Å². The van der Waals surface area contributed by atoms with Crippen LogP contribution in [-0.2, 0) is 11.2 Å². The number of methoxy groups -OCH3 is 1. The van der Waals surface area contributed by atoms with Crippen molar-refractivity contribution in [3.05, 3.63) is 36.2 Å². The third-order valence-electron chi connectivity index (χ3n) is 4.43. The van der Waals surface area contributed by atoms with E-state index in [1.807, 2.05) is 12.1 Å². The number of ether oxygens (including phenoxy) is 2. The molecule has 1 saturated heterocycles. The van der Waals surface area contributed by atoms with Crippen molar-refractivity contribution >= 4 is 22.9 Å². The minimum atomic E-state index is 0.674. The number of benzene rings is 1. The standard InChI is InChI=1S/C18H22N6O2/c1-25-14-4-2-13(3-5-14)6-7-19-16-15-17(21-12-20-15)23-18(22-16)24-8-10-26-11-9-24/h2-5,12H,6-11H2,1H3,(H2,19,20,21,22,23). The molecule has 0 radical (unpaired) electrons. The topological polar surface area (TPSA) is 88.2 Å². The Hall–Kier alpha value is -2.87. The molecule has 0 unspecified atom stereocenters. The minimum absolute atomic E-state index is 0.674. The molecule has 1 aliphatic rings. The van der Waals surface area contributed by atoms with E-state index in [0.29, 0.717) is 24.8 Å². The van der Waals surface area contributed by atoms with E-state index in [4.69, 9.17) is 14.5 Å². The van der Waals surface area contributed by atoms with Crippen LogP contribution in [0.25, 0.3) is 11.2 Å². The van der Waals surface area contributed by atoms with Crippen LogP contribution in [0.1, 0.15) is 5.56 Å². The molecule has 3 heterocycles. The third kappa shape index (κ3) is 3.55. The summed E-state index contributed by atoms with van der Waals surface area (Å²) in [5.41, 5.74) is 2.74. The van der Waals surface area contributed by atoms with E-state index in [1.54, 1.807) is 13.4 Å². The van der Waals surface area contributed by atoms with E-state index >= 15 is 0 Å². The molecule has 1 fully saturated rings. The minimum Gasteiger partial charge on any atom is -0.497 e. The highest BCUT2D eigenvalue weighted by Crippen LogP contribution is 2.21. The summed E-state index contributed by atoms with van der Waals surface area (Å²) < 4.78 is 10.6. The number of morpholine rings is 1. The second kappa shape index (κ2) is 7.57. The number of imidazole rings is 1. The quantitative estimate of drug-likeness (QED) is 0.698. The number of nitrogens with one attached hydrogen (secondary N) is 2. The van der Waals surface area contributed by atoms with Gasteiger partial charge in [0.15, 0.2) is 11.5 Å². The number of hydrogen-bond donors (Lipinski definition) is 2. The van der Waals surface area contributed by atoms with Gasteiger partial charge in [-0.15, -0.1) is 0 Å². The molecule has 0 amide bonds. The molecule has 136 valence electrons. The molecule has 2 aromatic heterocycles. The largest absolute Gasteiger partial charge is 0.497 e. The summed E-state index contributed by atoms with van der Waals surface area (Å²) in [5, 5.41) is 3.42. The summed E-state index contributed by atoms with van der Waals surface area (Å²) >= 11 is 0. The van der Waals surface area contributed by atoms with Crippen molar-refractivity contribution in [2.45, 2.75) is 6.42 Å². The van der Waals surface area contributed by atoms with Gasteiger partial charge in [-0.3, -0.25) is 0 Å². The maximum atomic E-state index is 5.41. The SMILES string of the molecule is COc1ccc(CCNc2nc(N3CCOCC3)nc3nc[nH]c23)cc1. The summed E-state index contributed by atoms with van der Waals surface area (Å²) in [6.07, 6.45) is 2.54. The van der Waals surface area contributed by atoms with Gasteiger partial charge in [0.2, 0.25) is 5.95 Å². The lowest BCUT2D eigenvalue weighted by Crippen LogP contribution is -2.37. The van der Waals surface area contributed by atoms with Crippen LogP contribution in [0.3, 0.4) is 0 Å². The van der Waals surface area contributed by atoms with Gasteiger partial charge in [-0.25, -0.2) is 4.98 Å². The summed E-state index contributed by atoms with van der Waals surface area (Å²) in [6, 6.07) is 8.10. The van der Waals surface area contributed by atoms with E-state index < -0.39 is 0 Å². The second-order valence-electron chi connectivity index (χ2n) is 6.10. The lowest BCUT2D eigenvalue weighted by Gasteiger charge is -2.27. The maximum Gasteiger partial charge on any atom is 0.229 e. The Morgan fingerprint density at radius 1 is 1.19 bits per heavy atom. The van der Waals surface area contributed by atoms with Crippen LogP contribution in [-0.4, -0.2) is 59.9 Å². The zero-order valence-corrected chi connectivity index (χ0v) is 14.7. The molecule has 0 bridgehead atoms. The molecular weight excluding hydrogens is 332 g/mol. The van der Waals surface area contributed by atoms with Gasteiger partial charge in [0, 0.05) is 19.6 Å². The fourth-order valence-corrected chi connectivity index (χ4v) is 2.97. The summed E-state index contributed by atoms with van der Waals surface area (Å²) in [5.74, 6) is 2.34. The second-order valence-corrected chi connectivity index (χ2v) is 6.10. The van der Waals surface area contributed by atoms with Crippen molar-refractivity contribution in [2.24, 2.45) is 0 Å². The van der Waals surface area contributed by atoms with Crippen LogP contribution in [0.4, 0.5) is 11.8 Å². The van der Waals surface area contributed by atoms with Gasteiger partial charge < -0.3 is 24.7 Å². The summed E-state index contributed by atoms with van der Waals surface area (Å²) in [7, 11) is 1.67. The predicted molar refractivity (Wildman–Crippen MR) is 99.9 cm³/mol. The van der Waals surface area contributed by atoms with E-state index in [9.17, 15) is 0 Å². The molecule has 8 nitrogen and oxygen atoms in total. The fourth-order valence-electron chi connectivity index (χ4n) is 2.97. The van der Waals surface area contributed by atoms with Crippen LogP contribution in [0.2, 0.25) is 0 Å². The smallest absolute Gasteiger partial charge is 0.229 e. The van der Waals surface area contributed by atoms with Crippen LogP contribution in [0, 0.1) is 0 Å². The highest BCUT2D eigenvalue weighted by atomic mass is 16.5. The molecule has 8 heteroatoms. The molecule has 4 rings (SSSR count). The molecule has 1 aliphatic heterocycles. The zero-order chi connectivity index (χ0) is 17.8. The molecule has 2 N–H and O–H groups in total. The Bertz CT molecular complexity index is 858. The average Bonchev–Trinajstić information content (AvgIpc) is 3.18. The van der Waals surface area contributed by atoms with Crippen molar-refractivity contribution in [1.29, 1.82) is 0 Å².